The quantitative estimate of drug-likeness (QED) is 0.377. The number of ether oxygens (including phenoxy) is 5. The Morgan fingerprint density at radius 3 is 1.71 bits per heavy atom. The van der Waals surface area contributed by atoms with Gasteiger partial charge in [-0.3, -0.25) is 19.2 Å². The summed E-state index contributed by atoms with van der Waals surface area (Å²) in [6.07, 6.45) is -3.83. The summed E-state index contributed by atoms with van der Waals surface area (Å²) in [5.74, 6) is -2.84. The number of carbonyl (C=O) groups excluding carboxylic acids is 4. The van der Waals surface area contributed by atoms with E-state index in [1.54, 1.807) is 0 Å². The van der Waals surface area contributed by atoms with Gasteiger partial charge in [-0.25, -0.2) is 0 Å². The van der Waals surface area contributed by atoms with Gasteiger partial charge in [0.05, 0.1) is 12.0 Å². The van der Waals surface area contributed by atoms with Crippen molar-refractivity contribution >= 4 is 23.9 Å². The zero-order chi connectivity index (χ0) is 18.0. The summed E-state index contributed by atoms with van der Waals surface area (Å²) >= 11 is 0. The number of hydrogen-bond donors (Lipinski definition) is 0. The fraction of sp³-hybridized carbons (Fsp3) is 0.733. The van der Waals surface area contributed by atoms with Crippen LogP contribution in [0.5, 0.6) is 0 Å². The first-order valence-electron chi connectivity index (χ1n) is 7.51. The average Bonchev–Trinajstić information content (AvgIpc) is 3.20. The molecular weight excluding hydrogens is 324 g/mol. The standard InChI is InChI=1S/C15H20O9/c1-6(16)20-5-10-11(21-7(2)17)13(22-8(3)18)15(23-9(4)19)14-12(10)24-14/h10-15H,5H2,1-4H3/t10-,11-,12-,13+,14-,15+/m1/s1. The normalized spacial score (nSPS) is 33.7. The average molecular weight is 344 g/mol. The molecule has 0 aromatic carbocycles. The van der Waals surface area contributed by atoms with Crippen molar-refractivity contribution in [1.82, 2.24) is 0 Å². The highest BCUT2D eigenvalue weighted by atomic mass is 16.7. The molecule has 1 saturated carbocycles. The van der Waals surface area contributed by atoms with Gasteiger partial charge in [0.15, 0.2) is 18.3 Å². The van der Waals surface area contributed by atoms with Gasteiger partial charge >= 0.3 is 23.9 Å². The van der Waals surface area contributed by atoms with Crippen molar-refractivity contribution in [2.75, 3.05) is 6.61 Å². The maximum atomic E-state index is 11.5. The minimum atomic E-state index is -1.04. The Hall–Kier alpha value is -2.16. The highest BCUT2D eigenvalue weighted by molar-refractivity contribution is 5.69. The van der Waals surface area contributed by atoms with Crippen LogP contribution in [0.25, 0.3) is 0 Å². The van der Waals surface area contributed by atoms with Crippen molar-refractivity contribution in [1.29, 1.82) is 0 Å². The molecule has 6 atom stereocenters. The Bertz CT molecular complexity index is 543. The fourth-order valence-corrected chi connectivity index (χ4v) is 2.95. The Morgan fingerprint density at radius 2 is 1.21 bits per heavy atom. The molecule has 1 aliphatic carbocycles. The second-order valence-electron chi connectivity index (χ2n) is 5.75. The van der Waals surface area contributed by atoms with E-state index in [0.717, 1.165) is 0 Å². The van der Waals surface area contributed by atoms with Crippen molar-refractivity contribution in [2.24, 2.45) is 5.92 Å². The number of hydrogen-bond acceptors (Lipinski definition) is 9. The lowest BCUT2D eigenvalue weighted by atomic mass is 9.82. The smallest absolute Gasteiger partial charge is 0.303 e. The zero-order valence-electron chi connectivity index (χ0n) is 13.8. The molecule has 0 aromatic heterocycles. The fourth-order valence-electron chi connectivity index (χ4n) is 2.95. The van der Waals surface area contributed by atoms with Crippen LogP contribution in [0.1, 0.15) is 27.7 Å². The van der Waals surface area contributed by atoms with Gasteiger partial charge < -0.3 is 23.7 Å². The molecule has 1 saturated heterocycles. The van der Waals surface area contributed by atoms with Gasteiger partial charge in [-0.1, -0.05) is 0 Å². The van der Waals surface area contributed by atoms with Crippen LogP contribution in [-0.4, -0.2) is 61.0 Å². The third-order valence-corrected chi connectivity index (χ3v) is 3.76. The van der Waals surface area contributed by atoms with Crippen LogP contribution >= 0.6 is 0 Å². The van der Waals surface area contributed by atoms with Gasteiger partial charge in [-0.2, -0.15) is 0 Å². The van der Waals surface area contributed by atoms with E-state index in [1.165, 1.54) is 27.7 Å². The largest absolute Gasteiger partial charge is 0.465 e. The van der Waals surface area contributed by atoms with Crippen LogP contribution in [0.3, 0.4) is 0 Å². The summed E-state index contributed by atoms with van der Waals surface area (Å²) in [7, 11) is 0. The highest BCUT2D eigenvalue weighted by Gasteiger charge is 2.65. The maximum Gasteiger partial charge on any atom is 0.303 e. The summed E-state index contributed by atoms with van der Waals surface area (Å²) < 4.78 is 26.2. The number of esters is 4. The number of epoxide rings is 1. The Morgan fingerprint density at radius 1 is 0.708 bits per heavy atom. The topological polar surface area (TPSA) is 118 Å². The Labute approximate surface area is 138 Å². The molecule has 0 amide bonds. The van der Waals surface area contributed by atoms with E-state index in [0.29, 0.717) is 0 Å². The second kappa shape index (κ2) is 7.16. The van der Waals surface area contributed by atoms with Crippen LogP contribution in [-0.2, 0) is 42.9 Å². The van der Waals surface area contributed by atoms with Crippen molar-refractivity contribution in [3.8, 4) is 0 Å². The molecule has 24 heavy (non-hydrogen) atoms. The molecule has 2 aliphatic rings. The molecule has 2 fully saturated rings. The minimum Gasteiger partial charge on any atom is -0.465 e. The molecule has 0 bridgehead atoms. The molecule has 0 spiro atoms. The summed E-state index contributed by atoms with van der Waals surface area (Å²) in [5.41, 5.74) is 0. The molecule has 0 aromatic rings. The Kier molecular flexibility index (Phi) is 5.43. The molecule has 0 N–H and O–H groups in total. The van der Waals surface area contributed by atoms with E-state index in [-0.39, 0.29) is 6.61 Å². The van der Waals surface area contributed by atoms with Gasteiger partial charge in [-0.05, 0) is 0 Å². The molecule has 9 heteroatoms. The second-order valence-corrected chi connectivity index (χ2v) is 5.75. The van der Waals surface area contributed by atoms with E-state index in [4.69, 9.17) is 23.7 Å². The summed E-state index contributed by atoms with van der Waals surface area (Å²) in [6, 6.07) is 0. The van der Waals surface area contributed by atoms with Gasteiger partial charge in [0.1, 0.15) is 12.7 Å². The molecule has 0 unspecified atom stereocenters. The number of carbonyl (C=O) groups is 4. The van der Waals surface area contributed by atoms with Crippen molar-refractivity contribution in [3.63, 3.8) is 0 Å². The third-order valence-electron chi connectivity index (χ3n) is 3.76. The lowest BCUT2D eigenvalue weighted by Gasteiger charge is -2.38. The molecule has 2 rings (SSSR count). The van der Waals surface area contributed by atoms with Crippen LogP contribution in [0.15, 0.2) is 0 Å². The summed E-state index contributed by atoms with van der Waals surface area (Å²) in [6.45, 7) is 4.79. The lowest BCUT2D eigenvalue weighted by Crippen LogP contribution is -2.57. The highest BCUT2D eigenvalue weighted by Crippen LogP contribution is 2.45. The van der Waals surface area contributed by atoms with Crippen molar-refractivity contribution in [2.45, 2.75) is 58.2 Å². The molecule has 0 radical (unpaired) electrons. The van der Waals surface area contributed by atoms with Gasteiger partial charge in [0.25, 0.3) is 0 Å². The third kappa shape index (κ3) is 4.22. The Balaban J connectivity index is 2.27. The predicted octanol–water partition coefficient (Wildman–Crippen LogP) is -0.258. The van der Waals surface area contributed by atoms with E-state index in [2.05, 4.69) is 0 Å². The zero-order valence-corrected chi connectivity index (χ0v) is 13.8. The van der Waals surface area contributed by atoms with E-state index < -0.39 is 60.3 Å². The first-order chi connectivity index (χ1) is 11.2. The van der Waals surface area contributed by atoms with Crippen LogP contribution < -0.4 is 0 Å². The van der Waals surface area contributed by atoms with Crippen molar-refractivity contribution in [3.05, 3.63) is 0 Å². The SMILES string of the molecule is CC(=O)OC[C@@H]1[C@@H](OC(C)=O)[C@H](OC(C)=O)[C@H](OC(C)=O)[C@@H]2O[C@H]12. The lowest BCUT2D eigenvalue weighted by molar-refractivity contribution is -0.195. The van der Waals surface area contributed by atoms with E-state index in [1.807, 2.05) is 0 Å². The minimum absolute atomic E-state index is 0.0704. The summed E-state index contributed by atoms with van der Waals surface area (Å²) in [4.78, 5) is 45.3. The number of fused-ring (bicyclic) bond motifs is 1. The molecule has 1 heterocycles. The number of rotatable bonds is 5. The van der Waals surface area contributed by atoms with Crippen LogP contribution in [0.2, 0.25) is 0 Å². The molecule has 1 aliphatic heterocycles. The monoisotopic (exact) mass is 344 g/mol. The van der Waals surface area contributed by atoms with Crippen molar-refractivity contribution < 1.29 is 42.9 Å². The van der Waals surface area contributed by atoms with E-state index >= 15 is 0 Å². The van der Waals surface area contributed by atoms with Gasteiger partial charge in [0.2, 0.25) is 0 Å². The first-order valence-corrected chi connectivity index (χ1v) is 7.51. The van der Waals surface area contributed by atoms with Crippen LogP contribution in [0.4, 0.5) is 0 Å². The maximum absolute atomic E-state index is 11.5. The first kappa shape index (κ1) is 18.2. The molecule has 134 valence electrons. The van der Waals surface area contributed by atoms with Gasteiger partial charge in [-0.15, -0.1) is 0 Å². The summed E-state index contributed by atoms with van der Waals surface area (Å²) in [5, 5.41) is 0. The predicted molar refractivity (Wildman–Crippen MR) is 75.4 cm³/mol. The van der Waals surface area contributed by atoms with Gasteiger partial charge in [0, 0.05) is 27.7 Å². The van der Waals surface area contributed by atoms with E-state index in [9.17, 15) is 19.2 Å². The van der Waals surface area contributed by atoms with Crippen LogP contribution in [0, 0.1) is 5.92 Å². The molecular formula is C15H20O9. The molecule has 9 nitrogen and oxygen atoms in total.